The van der Waals surface area contributed by atoms with Gasteiger partial charge in [0.25, 0.3) is 5.91 Å². The van der Waals surface area contributed by atoms with Crippen molar-refractivity contribution in [3.05, 3.63) is 64.2 Å². The molecule has 2 unspecified atom stereocenters. The zero-order chi connectivity index (χ0) is 23.4. The monoisotopic (exact) mass is 466 g/mol. The van der Waals surface area contributed by atoms with Crippen LogP contribution in [-0.2, 0) is 22.6 Å². The minimum atomic E-state index is -1.02. The van der Waals surface area contributed by atoms with Crippen LogP contribution in [0.15, 0.2) is 36.4 Å². The summed E-state index contributed by atoms with van der Waals surface area (Å²) in [6.45, 7) is 5.13. The van der Waals surface area contributed by atoms with Gasteiger partial charge in [-0.1, -0.05) is 17.7 Å². The van der Waals surface area contributed by atoms with Gasteiger partial charge in [-0.15, -0.1) is 0 Å². The summed E-state index contributed by atoms with van der Waals surface area (Å²) >= 11 is 5.94. The number of aliphatic carboxylic acids is 1. The molecule has 6 nitrogen and oxygen atoms in total. The van der Waals surface area contributed by atoms with Gasteiger partial charge < -0.3 is 14.7 Å². The lowest BCUT2D eigenvalue weighted by Gasteiger charge is -2.44. The van der Waals surface area contributed by atoms with Gasteiger partial charge in [-0.05, 0) is 49.7 Å². The van der Waals surface area contributed by atoms with Crippen LogP contribution in [0.1, 0.15) is 25.0 Å². The molecule has 2 aromatic rings. The number of carbonyl (C=O) groups excluding carboxylic acids is 1. The molecule has 1 fully saturated rings. The normalized spacial score (nSPS) is 19.1. The summed E-state index contributed by atoms with van der Waals surface area (Å²) in [5, 5.41) is 9.46. The number of piperazine rings is 1. The zero-order valence-corrected chi connectivity index (χ0v) is 18.6. The Labute approximate surface area is 190 Å². The average Bonchev–Trinajstić information content (AvgIpc) is 2.72. The first kappa shape index (κ1) is 23.9. The van der Waals surface area contributed by atoms with E-state index in [0.29, 0.717) is 41.5 Å². The van der Waals surface area contributed by atoms with Gasteiger partial charge in [0, 0.05) is 42.3 Å². The second-order valence-corrected chi connectivity index (χ2v) is 8.47. The number of benzene rings is 2. The first-order valence-corrected chi connectivity index (χ1v) is 10.6. The maximum atomic E-state index is 13.5. The Balaban J connectivity index is 1.60. The molecule has 2 atom stereocenters. The number of carboxylic acids is 1. The lowest BCUT2D eigenvalue weighted by atomic mass is 10.1. The van der Waals surface area contributed by atoms with Crippen LogP contribution in [0.2, 0.25) is 5.02 Å². The van der Waals surface area contributed by atoms with E-state index in [1.165, 1.54) is 12.1 Å². The fraction of sp³-hybridized carbons (Fsp3) is 0.391. The molecule has 0 spiro atoms. The van der Waals surface area contributed by atoms with Crippen LogP contribution in [0, 0.1) is 11.6 Å². The standard InChI is InChI=1S/C23H25ClF2N2O4/c1-14-11-28(15(2)10-27(14)12-16-3-5-19(25)20(26)7-16)22(29)13-32-21-6-4-18(24)8-17(21)9-23(30)31/h3-8,14-15H,9-13H2,1-2H3,(H,30,31). The van der Waals surface area contributed by atoms with Gasteiger partial charge in [0.05, 0.1) is 6.42 Å². The molecule has 2 aromatic carbocycles. The summed E-state index contributed by atoms with van der Waals surface area (Å²) in [5.74, 6) is -2.68. The fourth-order valence-electron chi connectivity index (χ4n) is 3.85. The molecule has 0 saturated carbocycles. The summed E-state index contributed by atoms with van der Waals surface area (Å²) < 4.78 is 32.3. The lowest BCUT2D eigenvalue weighted by Crippen LogP contribution is -2.58. The number of carboxylic acid groups (broad SMARTS) is 1. The van der Waals surface area contributed by atoms with E-state index in [0.717, 1.165) is 6.07 Å². The number of nitrogens with zero attached hydrogens (tertiary/aromatic N) is 2. The highest BCUT2D eigenvalue weighted by molar-refractivity contribution is 6.30. The summed E-state index contributed by atoms with van der Waals surface area (Å²) in [7, 11) is 0. The van der Waals surface area contributed by atoms with E-state index in [1.807, 2.05) is 13.8 Å². The van der Waals surface area contributed by atoms with Crippen molar-refractivity contribution in [1.82, 2.24) is 9.80 Å². The lowest BCUT2D eigenvalue weighted by molar-refractivity contribution is -0.139. The second kappa shape index (κ2) is 10.3. The van der Waals surface area contributed by atoms with E-state index >= 15 is 0 Å². The van der Waals surface area contributed by atoms with Crippen LogP contribution >= 0.6 is 11.6 Å². The summed E-state index contributed by atoms with van der Waals surface area (Å²) in [4.78, 5) is 27.7. The number of halogens is 3. The second-order valence-electron chi connectivity index (χ2n) is 8.03. The molecule has 9 heteroatoms. The Bertz CT molecular complexity index is 1000. The Morgan fingerprint density at radius 3 is 2.53 bits per heavy atom. The van der Waals surface area contributed by atoms with Crippen molar-refractivity contribution in [2.75, 3.05) is 19.7 Å². The number of ether oxygens (including phenoxy) is 1. The van der Waals surface area contributed by atoms with E-state index in [1.54, 1.807) is 23.1 Å². The molecule has 1 saturated heterocycles. The predicted molar refractivity (Wildman–Crippen MR) is 116 cm³/mol. The highest BCUT2D eigenvalue weighted by Gasteiger charge is 2.32. The molecule has 1 amide bonds. The smallest absolute Gasteiger partial charge is 0.307 e. The predicted octanol–water partition coefficient (Wildman–Crippen LogP) is 3.75. The number of amides is 1. The van der Waals surface area contributed by atoms with Crippen LogP contribution < -0.4 is 4.74 Å². The highest BCUT2D eigenvalue weighted by Crippen LogP contribution is 2.24. The maximum absolute atomic E-state index is 13.5. The van der Waals surface area contributed by atoms with Gasteiger partial charge in [0.1, 0.15) is 5.75 Å². The largest absolute Gasteiger partial charge is 0.483 e. The molecular formula is C23H25ClF2N2O4. The molecule has 32 heavy (non-hydrogen) atoms. The van der Waals surface area contributed by atoms with Gasteiger partial charge in [-0.2, -0.15) is 0 Å². The quantitative estimate of drug-likeness (QED) is 0.673. The van der Waals surface area contributed by atoms with Crippen molar-refractivity contribution < 1.29 is 28.2 Å². The first-order chi connectivity index (χ1) is 15.1. The SMILES string of the molecule is CC1CN(C(=O)COc2ccc(Cl)cc2CC(=O)O)C(C)CN1Cc1ccc(F)c(F)c1. The third-order valence-corrected chi connectivity index (χ3v) is 5.76. The maximum Gasteiger partial charge on any atom is 0.307 e. The molecular weight excluding hydrogens is 442 g/mol. The number of hydrogen-bond donors (Lipinski definition) is 1. The molecule has 3 rings (SSSR count). The Morgan fingerprint density at radius 1 is 1.09 bits per heavy atom. The molecule has 1 heterocycles. The first-order valence-electron chi connectivity index (χ1n) is 10.2. The van der Waals surface area contributed by atoms with E-state index in [9.17, 15) is 18.4 Å². The van der Waals surface area contributed by atoms with Crippen molar-refractivity contribution in [3.63, 3.8) is 0 Å². The fourth-order valence-corrected chi connectivity index (χ4v) is 4.05. The Hall–Kier alpha value is -2.71. The molecule has 0 radical (unpaired) electrons. The van der Waals surface area contributed by atoms with Crippen molar-refractivity contribution >= 4 is 23.5 Å². The van der Waals surface area contributed by atoms with Gasteiger partial charge in [0.2, 0.25) is 0 Å². The molecule has 1 aliphatic heterocycles. The third kappa shape index (κ3) is 5.95. The van der Waals surface area contributed by atoms with E-state index in [4.69, 9.17) is 21.4 Å². The number of rotatable bonds is 7. The van der Waals surface area contributed by atoms with Gasteiger partial charge in [-0.3, -0.25) is 14.5 Å². The average molecular weight is 467 g/mol. The van der Waals surface area contributed by atoms with Gasteiger partial charge in [-0.25, -0.2) is 8.78 Å². The van der Waals surface area contributed by atoms with E-state index in [-0.39, 0.29) is 31.0 Å². The molecule has 0 bridgehead atoms. The third-order valence-electron chi connectivity index (χ3n) is 5.52. The van der Waals surface area contributed by atoms with Crippen LogP contribution in [-0.4, -0.2) is 58.6 Å². The topological polar surface area (TPSA) is 70.1 Å². The molecule has 0 aromatic heterocycles. The van der Waals surface area contributed by atoms with Crippen molar-refractivity contribution in [2.45, 2.75) is 38.9 Å². The minimum Gasteiger partial charge on any atom is -0.483 e. The Morgan fingerprint density at radius 2 is 1.84 bits per heavy atom. The molecule has 0 aliphatic carbocycles. The summed E-state index contributed by atoms with van der Waals surface area (Å²) in [6, 6.07) is 8.40. The number of carbonyl (C=O) groups is 2. The number of hydrogen-bond acceptors (Lipinski definition) is 4. The zero-order valence-electron chi connectivity index (χ0n) is 17.9. The van der Waals surface area contributed by atoms with Crippen molar-refractivity contribution in [1.29, 1.82) is 0 Å². The summed E-state index contributed by atoms with van der Waals surface area (Å²) in [6.07, 6.45) is -0.264. The van der Waals surface area contributed by atoms with E-state index < -0.39 is 17.6 Å². The molecule has 1 N–H and O–H groups in total. The highest BCUT2D eigenvalue weighted by atomic mass is 35.5. The van der Waals surface area contributed by atoms with Crippen LogP contribution in [0.25, 0.3) is 0 Å². The molecule has 172 valence electrons. The Kier molecular flexibility index (Phi) is 7.69. The van der Waals surface area contributed by atoms with E-state index in [2.05, 4.69) is 4.90 Å². The van der Waals surface area contributed by atoms with Crippen LogP contribution in [0.5, 0.6) is 5.75 Å². The summed E-state index contributed by atoms with van der Waals surface area (Å²) in [5.41, 5.74) is 1.07. The minimum absolute atomic E-state index is 0.00127. The molecule has 1 aliphatic rings. The van der Waals surface area contributed by atoms with Gasteiger partial charge >= 0.3 is 5.97 Å². The van der Waals surface area contributed by atoms with Gasteiger partial charge in [0.15, 0.2) is 18.2 Å². The van der Waals surface area contributed by atoms with Crippen molar-refractivity contribution in [2.24, 2.45) is 0 Å². The van der Waals surface area contributed by atoms with Crippen LogP contribution in [0.4, 0.5) is 8.78 Å². The van der Waals surface area contributed by atoms with Crippen LogP contribution in [0.3, 0.4) is 0 Å². The van der Waals surface area contributed by atoms with Crippen molar-refractivity contribution in [3.8, 4) is 5.75 Å².